The van der Waals surface area contributed by atoms with E-state index < -0.39 is 0 Å². The smallest absolute Gasteiger partial charge is 0.0900 e. The summed E-state index contributed by atoms with van der Waals surface area (Å²) in [5, 5.41) is 12.2. The normalized spacial score (nSPS) is 21.6. The maximum atomic E-state index is 10.1. The van der Waals surface area contributed by atoms with E-state index in [-0.39, 0.29) is 6.10 Å². The fourth-order valence-corrected chi connectivity index (χ4v) is 3.54. The molecule has 0 saturated heterocycles. The van der Waals surface area contributed by atoms with Crippen LogP contribution in [0.25, 0.3) is 0 Å². The maximum Gasteiger partial charge on any atom is 0.0900 e. The van der Waals surface area contributed by atoms with Gasteiger partial charge in [0.25, 0.3) is 0 Å². The molecule has 2 heterocycles. The molecular formula is C15H25NO2S. The van der Waals surface area contributed by atoms with Crippen LogP contribution in [-0.2, 0) is 11.2 Å². The first kappa shape index (κ1) is 15.0. The van der Waals surface area contributed by atoms with Crippen LogP contribution in [0.1, 0.15) is 37.3 Å². The molecule has 2 rings (SSSR count). The van der Waals surface area contributed by atoms with Crippen LogP contribution >= 0.6 is 11.3 Å². The van der Waals surface area contributed by atoms with E-state index >= 15 is 0 Å². The van der Waals surface area contributed by atoms with Gasteiger partial charge in [-0.15, -0.1) is 11.3 Å². The van der Waals surface area contributed by atoms with Crippen molar-refractivity contribution in [2.75, 3.05) is 26.3 Å². The van der Waals surface area contributed by atoms with Crippen LogP contribution in [-0.4, -0.2) is 42.4 Å². The average Bonchev–Trinajstić information content (AvgIpc) is 2.81. The Kier molecular flexibility index (Phi) is 5.39. The van der Waals surface area contributed by atoms with Crippen molar-refractivity contribution in [2.45, 2.75) is 39.3 Å². The second kappa shape index (κ2) is 6.84. The molecule has 0 amide bonds. The van der Waals surface area contributed by atoms with Gasteiger partial charge in [-0.1, -0.05) is 13.8 Å². The molecule has 1 N–H and O–H groups in total. The SMILES string of the molecule is CC(C)COC[C@H](O)CN1CCc2sccc2[C@H]1C. The summed E-state index contributed by atoms with van der Waals surface area (Å²) in [6, 6.07) is 2.63. The van der Waals surface area contributed by atoms with Gasteiger partial charge in [0.05, 0.1) is 12.7 Å². The van der Waals surface area contributed by atoms with Crippen LogP contribution in [0.15, 0.2) is 11.4 Å². The highest BCUT2D eigenvalue weighted by atomic mass is 32.1. The third-order valence-electron chi connectivity index (χ3n) is 3.61. The van der Waals surface area contributed by atoms with Crippen molar-refractivity contribution < 1.29 is 9.84 Å². The summed E-state index contributed by atoms with van der Waals surface area (Å²) in [5.74, 6) is 0.523. The molecule has 1 aliphatic rings. The molecule has 19 heavy (non-hydrogen) atoms. The third kappa shape index (κ3) is 4.02. The molecule has 0 unspecified atom stereocenters. The van der Waals surface area contributed by atoms with Crippen molar-refractivity contribution in [2.24, 2.45) is 5.92 Å². The lowest BCUT2D eigenvalue weighted by Gasteiger charge is -2.34. The minimum atomic E-state index is -0.388. The number of β-amino-alcohol motifs (C(OH)–C–C–N with tert-alkyl or cyclic N) is 1. The lowest BCUT2D eigenvalue weighted by atomic mass is 10.0. The molecular weight excluding hydrogens is 258 g/mol. The van der Waals surface area contributed by atoms with Crippen molar-refractivity contribution in [1.82, 2.24) is 4.90 Å². The van der Waals surface area contributed by atoms with E-state index in [9.17, 15) is 5.11 Å². The molecule has 0 fully saturated rings. The number of ether oxygens (including phenoxy) is 1. The molecule has 0 spiro atoms. The summed E-state index contributed by atoms with van der Waals surface area (Å²) >= 11 is 1.85. The second-order valence-corrected chi connectivity index (χ2v) is 6.81. The molecule has 0 saturated carbocycles. The number of hydrogen-bond acceptors (Lipinski definition) is 4. The summed E-state index contributed by atoms with van der Waals surface area (Å²) in [6.07, 6.45) is 0.720. The molecule has 1 aromatic rings. The molecule has 1 aromatic heterocycles. The van der Waals surface area contributed by atoms with Crippen LogP contribution in [0.5, 0.6) is 0 Å². The second-order valence-electron chi connectivity index (χ2n) is 5.81. The molecule has 2 atom stereocenters. The zero-order valence-electron chi connectivity index (χ0n) is 12.1. The Hall–Kier alpha value is -0.420. The molecule has 1 aliphatic heterocycles. The number of rotatable bonds is 6. The minimum absolute atomic E-state index is 0.388. The zero-order valence-corrected chi connectivity index (χ0v) is 12.9. The Bertz CT molecular complexity index is 391. The highest BCUT2D eigenvalue weighted by molar-refractivity contribution is 7.10. The van der Waals surface area contributed by atoms with Crippen molar-refractivity contribution in [1.29, 1.82) is 0 Å². The van der Waals surface area contributed by atoms with Gasteiger partial charge in [-0.3, -0.25) is 4.90 Å². The van der Waals surface area contributed by atoms with Crippen molar-refractivity contribution >= 4 is 11.3 Å². The van der Waals surface area contributed by atoms with E-state index in [1.165, 1.54) is 10.4 Å². The Morgan fingerprint density at radius 3 is 3.00 bits per heavy atom. The summed E-state index contributed by atoms with van der Waals surface area (Å²) in [7, 11) is 0. The first-order valence-electron chi connectivity index (χ1n) is 7.14. The van der Waals surface area contributed by atoms with Gasteiger partial charge in [0.2, 0.25) is 0 Å². The first-order valence-corrected chi connectivity index (χ1v) is 8.02. The molecule has 0 aromatic carbocycles. The lowest BCUT2D eigenvalue weighted by molar-refractivity contribution is 0.000889. The number of thiophene rings is 1. The summed E-state index contributed by atoms with van der Waals surface area (Å²) in [6.45, 7) is 9.38. The first-order chi connectivity index (χ1) is 9.08. The number of nitrogens with zero attached hydrogens (tertiary/aromatic N) is 1. The van der Waals surface area contributed by atoms with Crippen LogP contribution < -0.4 is 0 Å². The lowest BCUT2D eigenvalue weighted by Crippen LogP contribution is -2.40. The summed E-state index contributed by atoms with van der Waals surface area (Å²) in [4.78, 5) is 3.87. The van der Waals surface area contributed by atoms with Crippen LogP contribution in [0.2, 0.25) is 0 Å². The highest BCUT2D eigenvalue weighted by Gasteiger charge is 2.26. The predicted molar refractivity (Wildman–Crippen MR) is 79.7 cm³/mol. The van der Waals surface area contributed by atoms with E-state index in [2.05, 4.69) is 37.1 Å². The van der Waals surface area contributed by atoms with E-state index in [4.69, 9.17) is 4.74 Å². The minimum Gasteiger partial charge on any atom is -0.389 e. The number of hydrogen-bond donors (Lipinski definition) is 1. The fraction of sp³-hybridized carbons (Fsp3) is 0.733. The molecule has 108 valence electrons. The van der Waals surface area contributed by atoms with Gasteiger partial charge >= 0.3 is 0 Å². The average molecular weight is 283 g/mol. The highest BCUT2D eigenvalue weighted by Crippen LogP contribution is 2.32. The number of aliphatic hydroxyl groups is 1. The molecule has 0 bridgehead atoms. The van der Waals surface area contributed by atoms with Crippen molar-refractivity contribution in [3.63, 3.8) is 0 Å². The molecule has 4 heteroatoms. The third-order valence-corrected chi connectivity index (χ3v) is 4.61. The van der Waals surface area contributed by atoms with Gasteiger partial charge < -0.3 is 9.84 Å². The summed E-state index contributed by atoms with van der Waals surface area (Å²) in [5.41, 5.74) is 1.44. The standard InChI is InChI=1S/C15H25NO2S/c1-11(2)9-18-10-13(17)8-16-6-4-15-14(12(16)3)5-7-19-15/h5,7,11-13,17H,4,6,8-10H2,1-3H3/t12-,13-/m1/s1. The molecule has 3 nitrogen and oxygen atoms in total. The maximum absolute atomic E-state index is 10.1. The Morgan fingerprint density at radius 1 is 1.47 bits per heavy atom. The van der Waals surface area contributed by atoms with Gasteiger partial charge in [-0.05, 0) is 36.3 Å². The monoisotopic (exact) mass is 283 g/mol. The number of aliphatic hydroxyl groups excluding tert-OH is 1. The van der Waals surface area contributed by atoms with Gasteiger partial charge in [0.1, 0.15) is 0 Å². The predicted octanol–water partition coefficient (Wildman–Crippen LogP) is 2.70. The van der Waals surface area contributed by atoms with Gasteiger partial charge in [0.15, 0.2) is 0 Å². The van der Waals surface area contributed by atoms with Gasteiger partial charge in [-0.25, -0.2) is 0 Å². The van der Waals surface area contributed by atoms with E-state index in [0.717, 1.165) is 19.6 Å². The van der Waals surface area contributed by atoms with Gasteiger partial charge in [0, 0.05) is 30.6 Å². The Morgan fingerprint density at radius 2 is 2.26 bits per heavy atom. The topological polar surface area (TPSA) is 32.7 Å². The van der Waals surface area contributed by atoms with E-state index in [1.807, 2.05) is 11.3 Å². The quantitative estimate of drug-likeness (QED) is 0.871. The Labute approximate surface area is 120 Å². The van der Waals surface area contributed by atoms with Crippen LogP contribution in [0, 0.1) is 5.92 Å². The van der Waals surface area contributed by atoms with Crippen LogP contribution in [0.3, 0.4) is 0 Å². The van der Waals surface area contributed by atoms with Gasteiger partial charge in [-0.2, -0.15) is 0 Å². The largest absolute Gasteiger partial charge is 0.389 e. The van der Waals surface area contributed by atoms with E-state index in [0.29, 0.717) is 25.1 Å². The van der Waals surface area contributed by atoms with Crippen molar-refractivity contribution in [3.8, 4) is 0 Å². The number of fused-ring (bicyclic) bond motifs is 1. The fourth-order valence-electron chi connectivity index (χ4n) is 2.57. The zero-order chi connectivity index (χ0) is 13.8. The van der Waals surface area contributed by atoms with E-state index in [1.54, 1.807) is 0 Å². The van der Waals surface area contributed by atoms with Crippen LogP contribution in [0.4, 0.5) is 0 Å². The molecule has 0 radical (unpaired) electrons. The van der Waals surface area contributed by atoms with Crippen molar-refractivity contribution in [3.05, 3.63) is 21.9 Å². The summed E-state index contributed by atoms with van der Waals surface area (Å²) < 4.78 is 5.51. The Balaban J connectivity index is 1.80. The molecule has 0 aliphatic carbocycles.